The predicted molar refractivity (Wildman–Crippen MR) is 107 cm³/mol. The number of piperidine rings is 1. The maximum Gasteiger partial charge on any atom is 0.239 e. The van der Waals surface area contributed by atoms with Crippen LogP contribution >= 0.6 is 11.6 Å². The number of amides is 1. The number of carbonyl (C=O) groups excluding carboxylic acids is 1. The number of hydrogen-bond donors (Lipinski definition) is 3. The van der Waals surface area contributed by atoms with Crippen molar-refractivity contribution < 1.29 is 9.18 Å². The summed E-state index contributed by atoms with van der Waals surface area (Å²) in [4.78, 5) is 26.3. The summed E-state index contributed by atoms with van der Waals surface area (Å²) in [5, 5.41) is 7.02. The Hall–Kier alpha value is -2.87. The minimum absolute atomic E-state index is 0.0225. The zero-order chi connectivity index (χ0) is 19.5. The average Bonchev–Trinajstić information content (AvgIpc) is 3.18. The molecule has 9 heteroatoms. The van der Waals surface area contributed by atoms with E-state index in [1.807, 2.05) is 12.3 Å². The summed E-state index contributed by atoms with van der Waals surface area (Å²) < 4.78 is 13.2. The summed E-state index contributed by atoms with van der Waals surface area (Å²) in [6.45, 7) is 1.66. The van der Waals surface area contributed by atoms with Gasteiger partial charge in [0, 0.05) is 31.0 Å². The minimum Gasteiger partial charge on any atom is -0.376 e. The van der Waals surface area contributed by atoms with E-state index in [0.29, 0.717) is 12.2 Å². The lowest BCUT2D eigenvalue weighted by Gasteiger charge is -2.34. The molecule has 0 saturated carbocycles. The summed E-state index contributed by atoms with van der Waals surface area (Å²) in [6.07, 6.45) is 5.27. The Morgan fingerprint density at radius 2 is 2.25 bits per heavy atom. The van der Waals surface area contributed by atoms with Crippen LogP contribution in [0.1, 0.15) is 12.8 Å². The summed E-state index contributed by atoms with van der Waals surface area (Å²) in [6, 6.07) is 6.27. The maximum absolute atomic E-state index is 13.2. The highest BCUT2D eigenvalue weighted by Crippen LogP contribution is 2.25. The Balaban J connectivity index is 1.35. The highest BCUT2D eigenvalue weighted by Gasteiger charge is 2.23. The van der Waals surface area contributed by atoms with Crippen LogP contribution in [0.15, 0.2) is 36.8 Å². The lowest BCUT2D eigenvalue weighted by molar-refractivity contribution is -0.120. The van der Waals surface area contributed by atoms with Crippen LogP contribution in [-0.4, -0.2) is 46.5 Å². The number of aromatic amines is 1. The Labute approximate surface area is 166 Å². The molecule has 0 radical (unpaired) electrons. The Bertz CT molecular complexity index is 993. The van der Waals surface area contributed by atoms with Crippen LogP contribution in [-0.2, 0) is 4.79 Å². The van der Waals surface area contributed by atoms with E-state index in [9.17, 15) is 9.18 Å². The third kappa shape index (κ3) is 4.01. The Morgan fingerprint density at radius 3 is 3.11 bits per heavy atom. The molecule has 3 N–H and O–H groups in total. The van der Waals surface area contributed by atoms with Crippen molar-refractivity contribution in [2.24, 2.45) is 0 Å². The molecule has 28 heavy (non-hydrogen) atoms. The lowest BCUT2D eigenvalue weighted by atomic mass is 10.1. The van der Waals surface area contributed by atoms with Crippen molar-refractivity contribution in [1.82, 2.24) is 20.3 Å². The van der Waals surface area contributed by atoms with Crippen molar-refractivity contribution >= 4 is 40.0 Å². The number of nitrogens with zero attached hydrogens (tertiary/aromatic N) is 3. The third-order valence-corrected chi connectivity index (χ3v) is 5.08. The van der Waals surface area contributed by atoms with Gasteiger partial charge in [0.2, 0.25) is 5.91 Å². The predicted octanol–water partition coefficient (Wildman–Crippen LogP) is 2.95. The molecule has 2 aromatic heterocycles. The highest BCUT2D eigenvalue weighted by atomic mass is 35.5. The first kappa shape index (κ1) is 18.5. The molecule has 1 fully saturated rings. The Kier molecular flexibility index (Phi) is 5.29. The van der Waals surface area contributed by atoms with Crippen molar-refractivity contribution in [3.8, 4) is 0 Å². The van der Waals surface area contributed by atoms with Crippen LogP contribution in [0, 0.1) is 5.82 Å². The van der Waals surface area contributed by atoms with Gasteiger partial charge in [0.05, 0.1) is 17.0 Å². The number of halogens is 2. The monoisotopic (exact) mass is 402 g/mol. The first-order chi connectivity index (χ1) is 13.6. The fourth-order valence-electron chi connectivity index (χ4n) is 3.47. The maximum atomic E-state index is 13.2. The third-order valence-electron chi connectivity index (χ3n) is 4.79. The van der Waals surface area contributed by atoms with E-state index in [-0.39, 0.29) is 23.5 Å². The molecule has 146 valence electrons. The number of fused-ring (bicyclic) bond motifs is 1. The molecule has 7 nitrogen and oxygen atoms in total. The topological polar surface area (TPSA) is 85.9 Å². The molecule has 1 aliphatic heterocycles. The van der Waals surface area contributed by atoms with Gasteiger partial charge in [-0.3, -0.25) is 4.79 Å². The SMILES string of the molecule is O=C(CNc1ccc(F)c(Cl)c1)NC1CCCN(c2ncnc3[nH]ccc23)C1. The van der Waals surface area contributed by atoms with Crippen molar-refractivity contribution in [1.29, 1.82) is 0 Å². The van der Waals surface area contributed by atoms with Crippen LogP contribution in [0.25, 0.3) is 11.0 Å². The van der Waals surface area contributed by atoms with Gasteiger partial charge in [-0.1, -0.05) is 11.6 Å². The van der Waals surface area contributed by atoms with Crippen LogP contribution in [0.3, 0.4) is 0 Å². The van der Waals surface area contributed by atoms with Crippen molar-refractivity contribution in [2.45, 2.75) is 18.9 Å². The summed E-state index contributed by atoms with van der Waals surface area (Å²) in [5.74, 6) is 0.270. The van der Waals surface area contributed by atoms with Crippen LogP contribution in [0.4, 0.5) is 15.9 Å². The van der Waals surface area contributed by atoms with Crippen molar-refractivity contribution in [3.05, 3.63) is 47.6 Å². The van der Waals surface area contributed by atoms with Gasteiger partial charge in [0.15, 0.2) is 0 Å². The van der Waals surface area contributed by atoms with Gasteiger partial charge in [-0.2, -0.15) is 0 Å². The highest BCUT2D eigenvalue weighted by molar-refractivity contribution is 6.31. The average molecular weight is 403 g/mol. The number of aromatic nitrogens is 3. The number of anilines is 2. The van der Waals surface area contributed by atoms with Gasteiger partial charge in [0.25, 0.3) is 0 Å². The quantitative estimate of drug-likeness (QED) is 0.611. The summed E-state index contributed by atoms with van der Waals surface area (Å²) in [5.41, 5.74) is 1.40. The molecule has 3 aromatic rings. The number of hydrogen-bond acceptors (Lipinski definition) is 5. The van der Waals surface area contributed by atoms with Crippen molar-refractivity contribution in [3.63, 3.8) is 0 Å². The zero-order valence-electron chi connectivity index (χ0n) is 15.1. The van der Waals surface area contributed by atoms with Gasteiger partial charge < -0.3 is 20.5 Å². The number of carbonyl (C=O) groups is 1. The molecule has 1 amide bonds. The Morgan fingerprint density at radius 1 is 1.36 bits per heavy atom. The second-order valence-corrected chi connectivity index (χ2v) is 7.18. The molecule has 4 rings (SSSR count). The molecule has 3 heterocycles. The normalized spacial score (nSPS) is 16.9. The molecule has 0 spiro atoms. The molecule has 1 aliphatic rings. The van der Waals surface area contributed by atoms with E-state index in [1.54, 1.807) is 12.4 Å². The van der Waals surface area contributed by atoms with E-state index in [2.05, 4.69) is 30.5 Å². The van der Waals surface area contributed by atoms with E-state index in [4.69, 9.17) is 11.6 Å². The summed E-state index contributed by atoms with van der Waals surface area (Å²) >= 11 is 5.76. The van der Waals surface area contributed by atoms with E-state index < -0.39 is 5.82 Å². The second-order valence-electron chi connectivity index (χ2n) is 6.77. The fraction of sp³-hybridized carbons (Fsp3) is 0.316. The van der Waals surface area contributed by atoms with Gasteiger partial charge in [-0.05, 0) is 37.1 Å². The molecule has 0 aliphatic carbocycles. The minimum atomic E-state index is -0.486. The van der Waals surface area contributed by atoms with Crippen molar-refractivity contribution in [2.75, 3.05) is 29.9 Å². The molecule has 1 saturated heterocycles. The molecule has 1 unspecified atom stereocenters. The van der Waals surface area contributed by atoms with Crippen LogP contribution in [0.5, 0.6) is 0 Å². The van der Waals surface area contributed by atoms with Gasteiger partial charge in [-0.15, -0.1) is 0 Å². The molecular formula is C19H20ClFN6O. The van der Waals surface area contributed by atoms with E-state index in [1.165, 1.54) is 12.1 Å². The first-order valence-corrected chi connectivity index (χ1v) is 9.49. The molecular weight excluding hydrogens is 383 g/mol. The smallest absolute Gasteiger partial charge is 0.239 e. The second kappa shape index (κ2) is 8.02. The van der Waals surface area contributed by atoms with Gasteiger partial charge in [-0.25, -0.2) is 14.4 Å². The van der Waals surface area contributed by atoms with Crippen LogP contribution < -0.4 is 15.5 Å². The molecule has 0 bridgehead atoms. The number of benzene rings is 1. The molecule has 1 atom stereocenters. The first-order valence-electron chi connectivity index (χ1n) is 9.11. The van der Waals surface area contributed by atoms with E-state index in [0.717, 1.165) is 36.2 Å². The fourth-order valence-corrected chi connectivity index (χ4v) is 3.65. The largest absolute Gasteiger partial charge is 0.376 e. The van der Waals surface area contributed by atoms with Gasteiger partial charge in [0.1, 0.15) is 23.6 Å². The standard InChI is InChI=1S/C19H20ClFN6O/c20-15-8-12(3-4-16(15)21)23-9-17(28)26-13-2-1-7-27(10-13)19-14-5-6-22-18(14)24-11-25-19/h3-6,8,11,13,23H,1-2,7,9-10H2,(H,26,28)(H,22,24,25). The zero-order valence-corrected chi connectivity index (χ0v) is 15.8. The van der Waals surface area contributed by atoms with Crippen LogP contribution in [0.2, 0.25) is 5.02 Å². The number of nitrogens with one attached hydrogen (secondary N) is 3. The summed E-state index contributed by atoms with van der Waals surface area (Å²) in [7, 11) is 0. The lowest BCUT2D eigenvalue weighted by Crippen LogP contribution is -2.49. The number of rotatable bonds is 5. The number of H-pyrrole nitrogens is 1. The molecule has 1 aromatic carbocycles. The van der Waals surface area contributed by atoms with Gasteiger partial charge >= 0.3 is 0 Å². The van der Waals surface area contributed by atoms with E-state index >= 15 is 0 Å².